The van der Waals surface area contributed by atoms with E-state index >= 15 is 0 Å². The van der Waals surface area contributed by atoms with Crippen LogP contribution in [0.2, 0.25) is 5.02 Å². The molecule has 2 aromatic carbocycles. The van der Waals surface area contributed by atoms with Crippen molar-refractivity contribution in [2.24, 2.45) is 10.2 Å². The topological polar surface area (TPSA) is 99.0 Å². The summed E-state index contributed by atoms with van der Waals surface area (Å²) in [5, 5.41) is 8.21. The normalized spacial score (nSPS) is 11.7. The third-order valence-electron chi connectivity index (χ3n) is 4.30. The van der Waals surface area contributed by atoms with Crippen LogP contribution < -0.4 is 23.4 Å². The molecule has 0 aliphatic rings. The van der Waals surface area contributed by atoms with Gasteiger partial charge in [0.1, 0.15) is 34.4 Å². The van der Waals surface area contributed by atoms with Gasteiger partial charge in [0.15, 0.2) is 5.78 Å². The molecule has 0 N–H and O–H groups in total. The number of amides is 1. The maximum atomic E-state index is 13.2. The largest absolute Gasteiger partial charge is 0.495 e. The number of anilines is 1. The first-order chi connectivity index (χ1) is 15.8. The van der Waals surface area contributed by atoms with Gasteiger partial charge in [-0.25, -0.2) is 4.42 Å². The third kappa shape index (κ3) is 6.27. The molecule has 2 rings (SSSR count). The first-order valence-corrected chi connectivity index (χ1v) is 10.7. The summed E-state index contributed by atoms with van der Waals surface area (Å²) in [6, 6.07) is 6.41. The second-order valence-corrected chi connectivity index (χ2v) is 7.22. The summed E-state index contributed by atoms with van der Waals surface area (Å²) in [6.45, 7) is 5.45. The van der Waals surface area contributed by atoms with E-state index < -0.39 is 17.7 Å². The minimum absolute atomic E-state index is 0.166. The molecule has 0 bridgehead atoms. The predicted octanol–water partition coefficient (Wildman–Crippen LogP) is 5.38. The maximum absolute atomic E-state index is 13.2. The first-order valence-electron chi connectivity index (χ1n) is 10.00. The summed E-state index contributed by atoms with van der Waals surface area (Å²) in [5.74, 6) is -0.115. The van der Waals surface area contributed by atoms with Gasteiger partial charge in [0.25, 0.3) is 5.91 Å². The van der Waals surface area contributed by atoms with Crippen LogP contribution in [0.4, 0.5) is 11.4 Å². The lowest BCUT2D eigenvalue weighted by atomic mass is 10.2. The van der Waals surface area contributed by atoms with E-state index in [1.807, 2.05) is 0 Å². The number of carbonyl (C=O) groups excluding carboxylic acids is 2. The molecule has 0 heterocycles. The lowest BCUT2D eigenvalue weighted by Crippen LogP contribution is -2.36. The van der Waals surface area contributed by atoms with Gasteiger partial charge in [0.2, 0.25) is 6.04 Å². The van der Waals surface area contributed by atoms with Gasteiger partial charge in [-0.1, -0.05) is 17.7 Å². The Balaban J connectivity index is 2.45. The van der Waals surface area contributed by atoms with Crippen molar-refractivity contribution < 1.29 is 28.5 Å². The SMILES string of the molecule is CCOc1cccc(OCC)c1N(Cl)C(=O)C(N=Nc1cc(Cl)c(OC)cc1OC)C(C)=O. The molecule has 0 fully saturated rings. The van der Waals surface area contributed by atoms with Gasteiger partial charge in [0, 0.05) is 17.8 Å². The second-order valence-electron chi connectivity index (χ2n) is 6.48. The van der Waals surface area contributed by atoms with Crippen LogP contribution in [-0.4, -0.2) is 45.2 Å². The number of benzene rings is 2. The Labute approximate surface area is 202 Å². The van der Waals surface area contributed by atoms with Crippen molar-refractivity contribution in [3.05, 3.63) is 35.4 Å². The average Bonchev–Trinajstić information content (AvgIpc) is 2.79. The molecule has 33 heavy (non-hydrogen) atoms. The van der Waals surface area contributed by atoms with E-state index in [0.29, 0.717) is 30.5 Å². The summed E-state index contributed by atoms with van der Waals surface area (Å²) in [5.41, 5.74) is 0.368. The molecule has 0 spiro atoms. The Hall–Kier alpha value is -3.04. The van der Waals surface area contributed by atoms with E-state index in [9.17, 15) is 9.59 Å². The van der Waals surface area contributed by atoms with Gasteiger partial charge in [-0.05, 0) is 39.0 Å². The highest BCUT2D eigenvalue weighted by molar-refractivity contribution is 6.40. The molecule has 1 amide bonds. The van der Waals surface area contributed by atoms with Crippen molar-refractivity contribution in [2.75, 3.05) is 31.9 Å². The molecule has 0 aliphatic carbocycles. The molecular weight excluding hydrogens is 473 g/mol. The molecular formula is C22H25Cl2N3O6. The summed E-state index contributed by atoms with van der Waals surface area (Å²) in [7, 11) is 2.88. The third-order valence-corrected chi connectivity index (χ3v) is 4.94. The zero-order chi connectivity index (χ0) is 24.5. The Kier molecular flexibility index (Phi) is 9.74. The van der Waals surface area contributed by atoms with Crippen LogP contribution in [0.15, 0.2) is 40.6 Å². The van der Waals surface area contributed by atoms with Crippen molar-refractivity contribution in [1.82, 2.24) is 0 Å². The fraction of sp³-hybridized carbons (Fsp3) is 0.364. The van der Waals surface area contributed by atoms with Crippen molar-refractivity contribution >= 4 is 46.4 Å². The molecule has 0 radical (unpaired) electrons. The zero-order valence-electron chi connectivity index (χ0n) is 18.9. The number of carbonyl (C=O) groups is 2. The number of nitrogens with zero attached hydrogens (tertiary/aromatic N) is 3. The number of ketones is 1. The van der Waals surface area contributed by atoms with Gasteiger partial charge < -0.3 is 18.9 Å². The van der Waals surface area contributed by atoms with Crippen LogP contribution in [0.1, 0.15) is 20.8 Å². The molecule has 0 saturated carbocycles. The van der Waals surface area contributed by atoms with Gasteiger partial charge >= 0.3 is 0 Å². The second kappa shape index (κ2) is 12.3. The van der Waals surface area contributed by atoms with E-state index in [2.05, 4.69) is 10.2 Å². The highest BCUT2D eigenvalue weighted by Crippen LogP contribution is 2.40. The molecule has 0 saturated heterocycles. The summed E-state index contributed by atoms with van der Waals surface area (Å²) >= 11 is 12.5. The van der Waals surface area contributed by atoms with Crippen LogP contribution in [0.3, 0.4) is 0 Å². The van der Waals surface area contributed by atoms with Gasteiger partial charge in [-0.3, -0.25) is 9.59 Å². The first kappa shape index (κ1) is 26.2. The van der Waals surface area contributed by atoms with Crippen molar-refractivity contribution in [1.29, 1.82) is 0 Å². The minimum atomic E-state index is -1.53. The standard InChI is InChI=1S/C22H25Cl2N3O6/c1-6-32-16-9-8-10-17(33-7-2)21(16)27(24)22(29)20(13(3)28)26-25-15-11-14(23)18(30-4)12-19(15)31-5/h8-12,20H,6-7H2,1-5H3. The van der Waals surface area contributed by atoms with Crippen LogP contribution in [0.25, 0.3) is 0 Å². The summed E-state index contributed by atoms with van der Waals surface area (Å²) in [6.07, 6.45) is 0. The lowest BCUT2D eigenvalue weighted by molar-refractivity contribution is -0.126. The molecule has 11 heteroatoms. The Morgan fingerprint density at radius 3 is 2.06 bits per heavy atom. The Morgan fingerprint density at radius 1 is 1.00 bits per heavy atom. The zero-order valence-corrected chi connectivity index (χ0v) is 20.4. The number of hydrogen-bond acceptors (Lipinski definition) is 8. The van der Waals surface area contributed by atoms with Gasteiger partial charge in [-0.15, -0.1) is 0 Å². The minimum Gasteiger partial charge on any atom is -0.495 e. The number of halogens is 2. The number of ether oxygens (including phenoxy) is 4. The molecule has 9 nitrogen and oxygen atoms in total. The molecule has 1 atom stereocenters. The Bertz CT molecular complexity index is 1010. The van der Waals surface area contributed by atoms with Crippen LogP contribution in [0, 0.1) is 0 Å². The van der Waals surface area contributed by atoms with Gasteiger partial charge in [0.05, 0.1) is 32.5 Å². The number of hydrogen-bond donors (Lipinski definition) is 0. The van der Waals surface area contributed by atoms with E-state index in [1.54, 1.807) is 32.0 Å². The average molecular weight is 498 g/mol. The molecule has 178 valence electrons. The predicted molar refractivity (Wildman–Crippen MR) is 126 cm³/mol. The fourth-order valence-electron chi connectivity index (χ4n) is 2.80. The highest BCUT2D eigenvalue weighted by atomic mass is 35.5. The molecule has 0 aliphatic heterocycles. The highest BCUT2D eigenvalue weighted by Gasteiger charge is 2.32. The lowest BCUT2D eigenvalue weighted by Gasteiger charge is -2.22. The van der Waals surface area contributed by atoms with Crippen molar-refractivity contribution in [3.63, 3.8) is 0 Å². The smallest absolute Gasteiger partial charge is 0.276 e. The maximum Gasteiger partial charge on any atom is 0.276 e. The Morgan fingerprint density at radius 2 is 1.58 bits per heavy atom. The quantitative estimate of drug-likeness (QED) is 0.234. The van der Waals surface area contributed by atoms with Gasteiger partial charge in [-0.2, -0.15) is 10.2 Å². The van der Waals surface area contributed by atoms with Crippen LogP contribution >= 0.6 is 23.4 Å². The number of Topliss-reactive ketones (excluding diaryl/α,β-unsaturated/α-hetero) is 1. The number of para-hydroxylation sites is 1. The van der Waals surface area contributed by atoms with E-state index in [4.69, 9.17) is 42.3 Å². The number of methoxy groups -OCH3 is 2. The van der Waals surface area contributed by atoms with Crippen LogP contribution in [0.5, 0.6) is 23.0 Å². The van der Waals surface area contributed by atoms with Crippen molar-refractivity contribution in [3.8, 4) is 23.0 Å². The fourth-order valence-corrected chi connectivity index (χ4v) is 3.30. The molecule has 0 aromatic heterocycles. The summed E-state index contributed by atoms with van der Waals surface area (Å²) in [4.78, 5) is 25.5. The molecule has 1 unspecified atom stereocenters. The van der Waals surface area contributed by atoms with Crippen molar-refractivity contribution in [2.45, 2.75) is 26.8 Å². The monoisotopic (exact) mass is 497 g/mol. The number of azo groups is 1. The van der Waals surface area contributed by atoms with E-state index in [-0.39, 0.29) is 22.1 Å². The van der Waals surface area contributed by atoms with E-state index in [0.717, 1.165) is 4.42 Å². The van der Waals surface area contributed by atoms with E-state index in [1.165, 1.54) is 33.3 Å². The summed E-state index contributed by atoms with van der Waals surface area (Å²) < 4.78 is 22.4. The number of rotatable bonds is 11. The molecule has 2 aromatic rings. The van der Waals surface area contributed by atoms with Crippen LogP contribution in [-0.2, 0) is 9.59 Å².